The Morgan fingerprint density at radius 3 is 2.29 bits per heavy atom. The van der Waals surface area contributed by atoms with Crippen LogP contribution < -0.4 is 5.73 Å². The zero-order valence-corrected chi connectivity index (χ0v) is 11.0. The molecule has 94 valence electrons. The molecule has 0 saturated heterocycles. The van der Waals surface area contributed by atoms with E-state index < -0.39 is 15.1 Å². The van der Waals surface area contributed by atoms with E-state index >= 15 is 0 Å². The quantitative estimate of drug-likeness (QED) is 0.900. The van der Waals surface area contributed by atoms with Gasteiger partial charge in [0.25, 0.3) is 0 Å². The van der Waals surface area contributed by atoms with Gasteiger partial charge in [0.05, 0.1) is 10.1 Å². The van der Waals surface area contributed by atoms with E-state index in [1.165, 1.54) is 0 Å². The summed E-state index contributed by atoms with van der Waals surface area (Å²) in [6.45, 7) is 0. The monoisotopic (exact) mass is 273 g/mol. The van der Waals surface area contributed by atoms with Crippen molar-refractivity contribution in [2.45, 2.75) is 41.9 Å². The molecule has 0 spiro atoms. The van der Waals surface area contributed by atoms with Crippen molar-refractivity contribution in [2.24, 2.45) is 5.73 Å². The Morgan fingerprint density at radius 2 is 1.71 bits per heavy atom. The van der Waals surface area contributed by atoms with Gasteiger partial charge in [0.2, 0.25) is 0 Å². The van der Waals surface area contributed by atoms with Gasteiger partial charge in [0.1, 0.15) is 0 Å². The number of benzene rings is 1. The number of nitrogens with two attached hydrogens (primary N) is 1. The van der Waals surface area contributed by atoms with Gasteiger partial charge >= 0.3 is 0 Å². The predicted octanol–water partition coefficient (Wildman–Crippen LogP) is 2.38. The molecule has 17 heavy (non-hydrogen) atoms. The van der Waals surface area contributed by atoms with Gasteiger partial charge in [-0.05, 0) is 37.1 Å². The van der Waals surface area contributed by atoms with Crippen LogP contribution >= 0.6 is 11.6 Å². The van der Waals surface area contributed by atoms with E-state index in [9.17, 15) is 8.42 Å². The Balaban J connectivity index is 2.32. The molecule has 0 radical (unpaired) electrons. The summed E-state index contributed by atoms with van der Waals surface area (Å²) in [4.78, 5) is 0.323. The molecule has 0 heterocycles. The third-order valence-electron chi connectivity index (χ3n) is 3.29. The number of rotatable bonds is 2. The summed E-state index contributed by atoms with van der Waals surface area (Å²) in [5.41, 5.74) is 5.93. The summed E-state index contributed by atoms with van der Waals surface area (Å²) >= 11 is 5.76. The van der Waals surface area contributed by atoms with Crippen LogP contribution in [0.1, 0.15) is 25.7 Å². The first kappa shape index (κ1) is 12.9. The summed E-state index contributed by atoms with van der Waals surface area (Å²) in [6, 6.07) is 6.06. The van der Waals surface area contributed by atoms with E-state index in [0.717, 1.165) is 19.3 Å². The summed E-state index contributed by atoms with van der Waals surface area (Å²) in [5.74, 6) is 0. The van der Waals surface area contributed by atoms with Gasteiger partial charge < -0.3 is 5.73 Å². The molecular formula is C12H16ClNO2S. The second-order valence-corrected chi connectivity index (χ2v) is 7.09. The van der Waals surface area contributed by atoms with Crippen molar-refractivity contribution in [3.8, 4) is 0 Å². The van der Waals surface area contributed by atoms with Crippen LogP contribution in [-0.4, -0.2) is 19.7 Å². The van der Waals surface area contributed by atoms with Crippen molar-refractivity contribution in [1.29, 1.82) is 0 Å². The first-order chi connectivity index (χ1) is 8.01. The van der Waals surface area contributed by atoms with E-state index in [1.807, 2.05) is 0 Å². The molecule has 2 rings (SSSR count). The zero-order chi connectivity index (χ0) is 12.5. The van der Waals surface area contributed by atoms with E-state index in [2.05, 4.69) is 0 Å². The minimum absolute atomic E-state index is 0.246. The lowest BCUT2D eigenvalue weighted by Gasteiger charge is -2.28. The Morgan fingerprint density at radius 1 is 1.12 bits per heavy atom. The largest absolute Gasteiger partial charge is 0.327 e. The van der Waals surface area contributed by atoms with Crippen molar-refractivity contribution in [3.05, 3.63) is 29.3 Å². The van der Waals surface area contributed by atoms with Gasteiger partial charge in [-0.2, -0.15) is 0 Å². The first-order valence-electron chi connectivity index (χ1n) is 5.77. The highest BCUT2D eigenvalue weighted by atomic mass is 35.5. The Kier molecular flexibility index (Phi) is 3.76. The molecule has 1 fully saturated rings. The third kappa shape index (κ3) is 2.64. The van der Waals surface area contributed by atoms with Crippen LogP contribution in [0.15, 0.2) is 29.2 Å². The first-order valence-corrected chi connectivity index (χ1v) is 7.69. The van der Waals surface area contributed by atoms with Crippen molar-refractivity contribution in [1.82, 2.24) is 0 Å². The Labute approximate surface area is 107 Å². The smallest absolute Gasteiger partial charge is 0.182 e. The van der Waals surface area contributed by atoms with Gasteiger partial charge in [-0.3, -0.25) is 0 Å². The number of hydrogen-bond donors (Lipinski definition) is 1. The molecule has 2 N–H and O–H groups in total. The van der Waals surface area contributed by atoms with Crippen LogP contribution in [0.5, 0.6) is 0 Å². The fourth-order valence-electron chi connectivity index (χ4n) is 2.31. The second-order valence-electron chi connectivity index (χ2n) is 4.49. The summed E-state index contributed by atoms with van der Waals surface area (Å²) in [7, 11) is -3.31. The molecule has 0 aromatic heterocycles. The van der Waals surface area contributed by atoms with Crippen LogP contribution in [0.25, 0.3) is 0 Å². The molecule has 2 unspecified atom stereocenters. The van der Waals surface area contributed by atoms with Crippen LogP contribution in [-0.2, 0) is 9.84 Å². The summed E-state index contributed by atoms with van der Waals surface area (Å²) in [6.07, 6.45) is 3.41. The minimum Gasteiger partial charge on any atom is -0.327 e. The Hall–Kier alpha value is -0.580. The molecule has 0 bridgehead atoms. The maximum Gasteiger partial charge on any atom is 0.182 e. The van der Waals surface area contributed by atoms with Crippen LogP contribution in [0.4, 0.5) is 0 Å². The second kappa shape index (κ2) is 4.96. The lowest BCUT2D eigenvalue weighted by atomic mass is 9.96. The van der Waals surface area contributed by atoms with Gasteiger partial charge in [-0.1, -0.05) is 24.4 Å². The van der Waals surface area contributed by atoms with Crippen molar-refractivity contribution in [2.75, 3.05) is 0 Å². The molecule has 5 heteroatoms. The van der Waals surface area contributed by atoms with Gasteiger partial charge in [0.15, 0.2) is 9.84 Å². The lowest BCUT2D eigenvalue weighted by molar-refractivity contribution is 0.432. The van der Waals surface area contributed by atoms with Gasteiger partial charge in [0, 0.05) is 11.1 Å². The highest BCUT2D eigenvalue weighted by Gasteiger charge is 2.34. The average molecular weight is 274 g/mol. The predicted molar refractivity (Wildman–Crippen MR) is 68.9 cm³/mol. The average Bonchev–Trinajstić information content (AvgIpc) is 2.30. The number of sulfone groups is 1. The molecule has 1 saturated carbocycles. The highest BCUT2D eigenvalue weighted by molar-refractivity contribution is 7.92. The standard InChI is InChI=1S/C12H16ClNO2S/c13-9-5-7-10(8-6-9)17(15,16)12-4-2-1-3-11(12)14/h5-8,11-12H,1-4,14H2. The highest BCUT2D eigenvalue weighted by Crippen LogP contribution is 2.28. The van der Waals surface area contributed by atoms with Crippen LogP contribution in [0, 0.1) is 0 Å². The fraction of sp³-hybridized carbons (Fsp3) is 0.500. The fourth-order valence-corrected chi connectivity index (χ4v) is 4.37. The molecule has 1 aromatic carbocycles. The lowest BCUT2D eigenvalue weighted by Crippen LogP contribution is -2.42. The number of hydrogen-bond acceptors (Lipinski definition) is 3. The van der Waals surface area contributed by atoms with Crippen molar-refractivity contribution >= 4 is 21.4 Å². The normalized spacial score (nSPS) is 25.8. The molecular weight excluding hydrogens is 258 g/mol. The SMILES string of the molecule is NC1CCCCC1S(=O)(=O)c1ccc(Cl)cc1. The van der Waals surface area contributed by atoms with E-state index in [1.54, 1.807) is 24.3 Å². The molecule has 3 nitrogen and oxygen atoms in total. The zero-order valence-electron chi connectivity index (χ0n) is 9.47. The third-order valence-corrected chi connectivity index (χ3v) is 5.86. The van der Waals surface area contributed by atoms with Crippen LogP contribution in [0.2, 0.25) is 5.02 Å². The van der Waals surface area contributed by atoms with E-state index in [4.69, 9.17) is 17.3 Å². The maximum atomic E-state index is 12.4. The van der Waals surface area contributed by atoms with E-state index in [-0.39, 0.29) is 6.04 Å². The van der Waals surface area contributed by atoms with Gasteiger partial charge in [-0.15, -0.1) is 0 Å². The Bertz CT molecular complexity index is 484. The molecule has 1 aromatic rings. The summed E-state index contributed by atoms with van der Waals surface area (Å²) in [5, 5.41) is 0.0920. The molecule has 1 aliphatic carbocycles. The molecule has 0 amide bonds. The maximum absolute atomic E-state index is 12.4. The molecule has 0 aliphatic heterocycles. The van der Waals surface area contributed by atoms with Crippen molar-refractivity contribution in [3.63, 3.8) is 0 Å². The minimum atomic E-state index is -3.31. The number of halogens is 1. The van der Waals surface area contributed by atoms with E-state index in [0.29, 0.717) is 16.3 Å². The molecule has 2 atom stereocenters. The molecule has 1 aliphatic rings. The van der Waals surface area contributed by atoms with Crippen LogP contribution in [0.3, 0.4) is 0 Å². The van der Waals surface area contributed by atoms with Crippen molar-refractivity contribution < 1.29 is 8.42 Å². The van der Waals surface area contributed by atoms with Gasteiger partial charge in [-0.25, -0.2) is 8.42 Å². The topological polar surface area (TPSA) is 60.2 Å². The summed E-state index contributed by atoms with van der Waals surface area (Å²) < 4.78 is 24.8.